The number of carbonyl (C=O) groups is 2. The largest absolute Gasteiger partial charge is 0.449 e. The number of amides is 2. The van der Waals surface area contributed by atoms with E-state index in [0.29, 0.717) is 50.5 Å². The molecular weight excluding hydrogens is 474 g/mol. The first-order chi connectivity index (χ1) is 16.9. The van der Waals surface area contributed by atoms with Crippen LogP contribution in [0.25, 0.3) is 11.0 Å². The van der Waals surface area contributed by atoms with Gasteiger partial charge in [0.25, 0.3) is 11.8 Å². The fourth-order valence-electron chi connectivity index (χ4n) is 4.13. The van der Waals surface area contributed by atoms with Crippen molar-refractivity contribution < 1.29 is 31.9 Å². The third-order valence-electron chi connectivity index (χ3n) is 6.05. The molecule has 2 aliphatic rings. The van der Waals surface area contributed by atoms with E-state index < -0.39 is 15.9 Å². The second-order valence-corrected chi connectivity index (χ2v) is 10.1. The molecule has 1 N–H and O–H groups in total. The van der Waals surface area contributed by atoms with Gasteiger partial charge in [-0.15, -0.1) is 0 Å². The van der Waals surface area contributed by atoms with Crippen molar-refractivity contribution in [2.45, 2.75) is 4.90 Å². The number of benzene rings is 2. The van der Waals surface area contributed by atoms with Gasteiger partial charge in [-0.3, -0.25) is 9.59 Å². The van der Waals surface area contributed by atoms with Gasteiger partial charge in [0.15, 0.2) is 0 Å². The number of para-hydroxylation sites is 1. The topological polar surface area (TPSA) is 118 Å². The molecule has 10 nitrogen and oxygen atoms in total. The van der Waals surface area contributed by atoms with Gasteiger partial charge < -0.3 is 24.1 Å². The zero-order valence-corrected chi connectivity index (χ0v) is 19.8. The summed E-state index contributed by atoms with van der Waals surface area (Å²) in [5, 5.41) is 3.40. The molecule has 0 aliphatic carbocycles. The summed E-state index contributed by atoms with van der Waals surface area (Å²) in [5.74, 6) is -0.761. The number of hydrogen-bond acceptors (Lipinski definition) is 7. The van der Waals surface area contributed by atoms with Crippen LogP contribution in [-0.2, 0) is 19.5 Å². The minimum Gasteiger partial charge on any atom is -0.449 e. The first-order valence-electron chi connectivity index (χ1n) is 11.3. The van der Waals surface area contributed by atoms with Gasteiger partial charge in [0.2, 0.25) is 15.8 Å². The van der Waals surface area contributed by atoms with Crippen LogP contribution in [0.5, 0.6) is 0 Å². The zero-order valence-electron chi connectivity index (χ0n) is 18.9. The van der Waals surface area contributed by atoms with Gasteiger partial charge in [-0.05, 0) is 36.4 Å². The Balaban J connectivity index is 1.40. The number of nitrogens with zero attached hydrogens (tertiary/aromatic N) is 2. The molecule has 3 heterocycles. The molecule has 2 amide bonds. The number of anilines is 1. The van der Waals surface area contributed by atoms with Crippen molar-refractivity contribution in [1.29, 1.82) is 0 Å². The maximum atomic E-state index is 13.2. The van der Waals surface area contributed by atoms with Crippen molar-refractivity contribution in [1.82, 2.24) is 9.21 Å². The highest BCUT2D eigenvalue weighted by molar-refractivity contribution is 7.89. The second kappa shape index (κ2) is 9.78. The van der Waals surface area contributed by atoms with E-state index in [4.69, 9.17) is 13.9 Å². The van der Waals surface area contributed by atoms with Crippen molar-refractivity contribution in [3.63, 3.8) is 0 Å². The van der Waals surface area contributed by atoms with Gasteiger partial charge in [0, 0.05) is 37.1 Å². The Labute approximate surface area is 202 Å². The molecule has 0 saturated carbocycles. The maximum Gasteiger partial charge on any atom is 0.291 e. The monoisotopic (exact) mass is 499 g/mol. The fraction of sp³-hybridized carbons (Fsp3) is 0.333. The molecule has 2 saturated heterocycles. The molecule has 2 aliphatic heterocycles. The molecule has 11 heteroatoms. The lowest BCUT2D eigenvalue weighted by molar-refractivity contribution is 0.0285. The summed E-state index contributed by atoms with van der Waals surface area (Å²) >= 11 is 0. The van der Waals surface area contributed by atoms with Gasteiger partial charge in [-0.2, -0.15) is 4.31 Å². The van der Waals surface area contributed by atoms with Gasteiger partial charge in [-0.25, -0.2) is 8.42 Å². The summed E-state index contributed by atoms with van der Waals surface area (Å²) in [6, 6.07) is 12.8. The molecule has 2 fully saturated rings. The van der Waals surface area contributed by atoms with E-state index in [1.54, 1.807) is 29.2 Å². The molecular formula is C24H25N3O7S. The number of fused-ring (bicyclic) bond motifs is 1. The lowest BCUT2D eigenvalue weighted by Crippen LogP contribution is -2.40. The van der Waals surface area contributed by atoms with Crippen LogP contribution in [0.4, 0.5) is 5.69 Å². The Morgan fingerprint density at radius 3 is 2.14 bits per heavy atom. The van der Waals surface area contributed by atoms with Crippen LogP contribution in [0.15, 0.2) is 57.8 Å². The number of furan rings is 1. The summed E-state index contributed by atoms with van der Waals surface area (Å²) in [4.78, 5) is 28.0. The Morgan fingerprint density at radius 1 is 0.829 bits per heavy atom. The van der Waals surface area contributed by atoms with Crippen molar-refractivity contribution in [3.8, 4) is 0 Å². The van der Waals surface area contributed by atoms with Crippen molar-refractivity contribution in [2.24, 2.45) is 0 Å². The van der Waals surface area contributed by atoms with Gasteiger partial charge in [0.1, 0.15) is 11.3 Å². The van der Waals surface area contributed by atoms with Crippen LogP contribution in [0, 0.1) is 0 Å². The molecule has 0 atom stereocenters. The highest BCUT2D eigenvalue weighted by Crippen LogP contribution is 2.32. The van der Waals surface area contributed by atoms with E-state index in [1.807, 2.05) is 0 Å². The fourth-order valence-corrected chi connectivity index (χ4v) is 5.54. The summed E-state index contributed by atoms with van der Waals surface area (Å²) in [6.45, 7) is 3.02. The van der Waals surface area contributed by atoms with E-state index in [-0.39, 0.29) is 40.9 Å². The van der Waals surface area contributed by atoms with Crippen LogP contribution >= 0.6 is 0 Å². The van der Waals surface area contributed by atoms with Crippen LogP contribution < -0.4 is 5.32 Å². The maximum absolute atomic E-state index is 13.2. The van der Waals surface area contributed by atoms with Gasteiger partial charge in [-0.1, -0.05) is 12.1 Å². The molecule has 0 unspecified atom stereocenters. The van der Waals surface area contributed by atoms with E-state index >= 15 is 0 Å². The van der Waals surface area contributed by atoms with E-state index in [0.717, 1.165) is 0 Å². The molecule has 0 spiro atoms. The third kappa shape index (κ3) is 4.67. The molecule has 3 aromatic rings. The van der Waals surface area contributed by atoms with Crippen LogP contribution in [0.3, 0.4) is 0 Å². The van der Waals surface area contributed by atoms with Crippen molar-refractivity contribution in [3.05, 3.63) is 59.9 Å². The zero-order chi connectivity index (χ0) is 24.4. The Morgan fingerprint density at radius 2 is 1.46 bits per heavy atom. The summed E-state index contributed by atoms with van der Waals surface area (Å²) in [7, 11) is -3.67. The summed E-state index contributed by atoms with van der Waals surface area (Å²) in [6.07, 6.45) is 0. The molecule has 2 aromatic carbocycles. The summed E-state index contributed by atoms with van der Waals surface area (Å²) in [5.41, 5.74) is 1.01. The predicted octanol–water partition coefficient (Wildman–Crippen LogP) is 2.18. The Bertz CT molecular complexity index is 1340. The SMILES string of the molecule is O=C(Nc1c(C(=O)N2CCOCC2)oc2ccccc12)c1ccc(S(=O)(=O)N2CCOCC2)cc1. The minimum absolute atomic E-state index is 0.0490. The predicted molar refractivity (Wildman–Crippen MR) is 127 cm³/mol. The number of morpholine rings is 2. The minimum atomic E-state index is -3.67. The third-order valence-corrected chi connectivity index (χ3v) is 7.96. The van der Waals surface area contributed by atoms with Gasteiger partial charge in [0.05, 0.1) is 31.3 Å². The summed E-state index contributed by atoms with van der Waals surface area (Å²) < 4.78 is 43.5. The molecule has 0 radical (unpaired) electrons. The van der Waals surface area contributed by atoms with E-state index in [2.05, 4.69) is 5.32 Å². The van der Waals surface area contributed by atoms with Crippen molar-refractivity contribution in [2.75, 3.05) is 57.9 Å². The lowest BCUT2D eigenvalue weighted by atomic mass is 10.1. The molecule has 35 heavy (non-hydrogen) atoms. The molecule has 0 bridgehead atoms. The first kappa shape index (κ1) is 23.5. The van der Waals surface area contributed by atoms with Gasteiger partial charge >= 0.3 is 0 Å². The van der Waals surface area contributed by atoms with Crippen LogP contribution in [-0.4, -0.2) is 82.0 Å². The van der Waals surface area contributed by atoms with Crippen LogP contribution in [0.2, 0.25) is 0 Å². The number of nitrogens with one attached hydrogen (secondary N) is 1. The standard InChI is InChI=1S/C24H25N3O7S/c28-23(17-5-7-18(8-6-17)35(30,31)27-11-15-33-16-12-27)25-21-19-3-1-2-4-20(19)34-22(21)24(29)26-9-13-32-14-10-26/h1-8H,9-16H2,(H,25,28). The number of rotatable bonds is 5. The molecule has 5 rings (SSSR count). The average Bonchev–Trinajstić information content (AvgIpc) is 3.27. The number of sulfonamides is 1. The Kier molecular flexibility index (Phi) is 6.56. The van der Waals surface area contributed by atoms with E-state index in [9.17, 15) is 18.0 Å². The van der Waals surface area contributed by atoms with Crippen molar-refractivity contribution >= 4 is 38.5 Å². The average molecular weight is 500 g/mol. The quantitative estimate of drug-likeness (QED) is 0.572. The smallest absolute Gasteiger partial charge is 0.291 e. The number of carbonyl (C=O) groups excluding carboxylic acids is 2. The van der Waals surface area contributed by atoms with Crippen LogP contribution in [0.1, 0.15) is 20.9 Å². The highest BCUT2D eigenvalue weighted by atomic mass is 32.2. The first-order valence-corrected chi connectivity index (χ1v) is 12.8. The lowest BCUT2D eigenvalue weighted by Gasteiger charge is -2.26. The normalized spacial score (nSPS) is 17.4. The van der Waals surface area contributed by atoms with E-state index in [1.165, 1.54) is 28.6 Å². The number of ether oxygens (including phenoxy) is 2. The number of hydrogen-bond donors (Lipinski definition) is 1. The highest BCUT2D eigenvalue weighted by Gasteiger charge is 2.29. The molecule has 1 aromatic heterocycles. The second-order valence-electron chi connectivity index (χ2n) is 8.20. The Hall–Kier alpha value is -3.25. The molecule has 184 valence electrons.